The molecule has 1 saturated heterocycles. The number of anilines is 1. The number of hydrogen-bond acceptors (Lipinski definition) is 3. The maximum atomic E-state index is 12.5. The predicted octanol–water partition coefficient (Wildman–Crippen LogP) is 2.75. The molecule has 1 aliphatic rings. The summed E-state index contributed by atoms with van der Waals surface area (Å²) in [5.41, 5.74) is -0.349. The molecule has 1 heterocycles. The lowest BCUT2D eigenvalue weighted by Gasteiger charge is -2.31. The van der Waals surface area contributed by atoms with Crippen molar-refractivity contribution in [3.8, 4) is 0 Å². The minimum Gasteiger partial charge on any atom is -0.325 e. The highest BCUT2D eigenvalue weighted by molar-refractivity contribution is 5.92. The number of amides is 1. The molecule has 0 aromatic heterocycles. The largest absolute Gasteiger partial charge is 0.416 e. The average Bonchev–Trinajstić information content (AvgIpc) is 2.47. The summed E-state index contributed by atoms with van der Waals surface area (Å²) >= 11 is 0. The highest BCUT2D eigenvalue weighted by Gasteiger charge is 2.30. The second-order valence-electron chi connectivity index (χ2n) is 5.49. The molecule has 0 spiro atoms. The fraction of sp³-hybridized carbons (Fsp3) is 0.533. The van der Waals surface area contributed by atoms with E-state index in [4.69, 9.17) is 0 Å². The minimum atomic E-state index is -4.36. The lowest BCUT2D eigenvalue weighted by atomic mass is 10.1. The van der Waals surface area contributed by atoms with Crippen LogP contribution in [0.1, 0.15) is 18.4 Å². The van der Waals surface area contributed by atoms with E-state index < -0.39 is 11.7 Å². The van der Waals surface area contributed by atoms with Crippen LogP contribution in [0.4, 0.5) is 18.9 Å². The Morgan fingerprint density at radius 1 is 1.30 bits per heavy atom. The Balaban J connectivity index is 0.00000264. The predicted molar refractivity (Wildman–Crippen MR) is 85.8 cm³/mol. The van der Waals surface area contributed by atoms with E-state index in [9.17, 15) is 18.0 Å². The molecule has 8 heteroatoms. The number of likely N-dealkylation sites (tertiary alicyclic amines) is 1. The molecule has 1 aliphatic heterocycles. The zero-order valence-electron chi connectivity index (χ0n) is 12.8. The summed E-state index contributed by atoms with van der Waals surface area (Å²) in [6, 6.07) is 4.86. The third kappa shape index (κ3) is 6.01. The molecule has 4 nitrogen and oxygen atoms in total. The quantitative estimate of drug-likeness (QED) is 0.876. The normalized spacial score (nSPS) is 19.0. The van der Waals surface area contributed by atoms with Gasteiger partial charge >= 0.3 is 6.18 Å². The van der Waals surface area contributed by atoms with Crippen LogP contribution in [-0.2, 0) is 11.0 Å². The Morgan fingerprint density at radius 2 is 1.96 bits per heavy atom. The van der Waals surface area contributed by atoms with Crippen LogP contribution < -0.4 is 10.6 Å². The second kappa shape index (κ2) is 8.52. The van der Waals surface area contributed by atoms with Gasteiger partial charge in [0.25, 0.3) is 0 Å². The first-order valence-electron chi connectivity index (χ1n) is 7.25. The first kappa shape index (κ1) is 19.7. The van der Waals surface area contributed by atoms with Gasteiger partial charge in [-0.05, 0) is 50.7 Å². The standard InChI is InChI=1S/C15H20F3N3O.ClH/c1-19-13-3-2-8-21(9-13)10-14(22)20-12-6-4-11(5-7-12)15(16,17)18;/h4-7,13,19H,2-3,8-10H2,1H3,(H,20,22);1H. The zero-order chi connectivity index (χ0) is 16.2. The molecule has 1 aromatic carbocycles. The first-order valence-corrected chi connectivity index (χ1v) is 7.25. The number of benzene rings is 1. The number of piperidine rings is 1. The van der Waals surface area contributed by atoms with Crippen molar-refractivity contribution in [1.82, 2.24) is 10.2 Å². The molecule has 2 N–H and O–H groups in total. The number of rotatable bonds is 4. The third-order valence-electron chi connectivity index (χ3n) is 3.78. The molecular formula is C15H21ClF3N3O. The van der Waals surface area contributed by atoms with Gasteiger partial charge in [-0.2, -0.15) is 13.2 Å². The molecule has 0 aliphatic carbocycles. The molecule has 130 valence electrons. The molecule has 1 unspecified atom stereocenters. The van der Waals surface area contributed by atoms with Crippen molar-refractivity contribution >= 4 is 24.0 Å². The number of halogens is 4. The van der Waals surface area contributed by atoms with Gasteiger partial charge in [0.05, 0.1) is 12.1 Å². The lowest BCUT2D eigenvalue weighted by Crippen LogP contribution is -2.46. The topological polar surface area (TPSA) is 44.4 Å². The fourth-order valence-electron chi connectivity index (χ4n) is 2.58. The summed E-state index contributed by atoms with van der Waals surface area (Å²) in [4.78, 5) is 14.0. The molecule has 1 atom stereocenters. The Bertz CT molecular complexity index is 508. The van der Waals surface area contributed by atoms with Gasteiger partial charge < -0.3 is 10.6 Å². The number of nitrogens with zero attached hydrogens (tertiary/aromatic N) is 1. The van der Waals surface area contributed by atoms with Crippen molar-refractivity contribution < 1.29 is 18.0 Å². The lowest BCUT2D eigenvalue weighted by molar-refractivity contribution is -0.137. The third-order valence-corrected chi connectivity index (χ3v) is 3.78. The van der Waals surface area contributed by atoms with E-state index in [1.165, 1.54) is 12.1 Å². The van der Waals surface area contributed by atoms with E-state index in [0.29, 0.717) is 11.7 Å². The van der Waals surface area contributed by atoms with Gasteiger partial charge in [-0.25, -0.2) is 0 Å². The SMILES string of the molecule is CNC1CCCN(CC(=O)Nc2ccc(C(F)(F)F)cc2)C1.Cl. The van der Waals surface area contributed by atoms with Crippen molar-refractivity contribution in [1.29, 1.82) is 0 Å². The fourth-order valence-corrected chi connectivity index (χ4v) is 2.58. The minimum absolute atomic E-state index is 0. The molecule has 0 saturated carbocycles. The van der Waals surface area contributed by atoms with Crippen LogP contribution in [0, 0.1) is 0 Å². The second-order valence-corrected chi connectivity index (χ2v) is 5.49. The molecule has 0 radical (unpaired) electrons. The molecule has 1 amide bonds. The van der Waals surface area contributed by atoms with Crippen LogP contribution in [-0.4, -0.2) is 43.5 Å². The molecule has 1 fully saturated rings. The van der Waals surface area contributed by atoms with E-state index in [1.807, 2.05) is 11.9 Å². The Morgan fingerprint density at radius 3 is 2.52 bits per heavy atom. The van der Waals surface area contributed by atoms with Crippen LogP contribution >= 0.6 is 12.4 Å². The Labute approximate surface area is 139 Å². The van der Waals surface area contributed by atoms with Crippen molar-refractivity contribution in [2.45, 2.75) is 25.1 Å². The molecular weight excluding hydrogens is 331 g/mol. The number of carbonyl (C=O) groups excluding carboxylic acids is 1. The van der Waals surface area contributed by atoms with Crippen molar-refractivity contribution in [3.05, 3.63) is 29.8 Å². The molecule has 0 bridgehead atoms. The summed E-state index contributed by atoms with van der Waals surface area (Å²) in [5, 5.41) is 5.83. The van der Waals surface area contributed by atoms with Crippen LogP contribution in [0.2, 0.25) is 0 Å². The first-order chi connectivity index (χ1) is 10.4. The number of carbonyl (C=O) groups is 1. The van der Waals surface area contributed by atoms with E-state index in [2.05, 4.69) is 10.6 Å². The van der Waals surface area contributed by atoms with Crippen LogP contribution in [0.5, 0.6) is 0 Å². The summed E-state index contributed by atoms with van der Waals surface area (Å²) in [7, 11) is 1.90. The maximum Gasteiger partial charge on any atom is 0.416 e. The number of alkyl halides is 3. The summed E-state index contributed by atoms with van der Waals surface area (Å²) in [5.74, 6) is -0.212. The van der Waals surface area contributed by atoms with Crippen LogP contribution in [0.3, 0.4) is 0 Å². The summed E-state index contributed by atoms with van der Waals surface area (Å²) in [6.45, 7) is 1.91. The Hall–Kier alpha value is -1.31. The van der Waals surface area contributed by atoms with Crippen molar-refractivity contribution in [2.24, 2.45) is 0 Å². The monoisotopic (exact) mass is 351 g/mol. The number of hydrogen-bond donors (Lipinski definition) is 2. The van der Waals surface area contributed by atoms with E-state index in [-0.39, 0.29) is 24.9 Å². The highest BCUT2D eigenvalue weighted by atomic mass is 35.5. The maximum absolute atomic E-state index is 12.5. The molecule has 2 rings (SSSR count). The molecule has 23 heavy (non-hydrogen) atoms. The van der Waals surface area contributed by atoms with Gasteiger partial charge in [-0.15, -0.1) is 12.4 Å². The molecule has 1 aromatic rings. The zero-order valence-corrected chi connectivity index (χ0v) is 13.6. The van der Waals surface area contributed by atoms with E-state index in [1.54, 1.807) is 0 Å². The average molecular weight is 352 g/mol. The van der Waals surface area contributed by atoms with Gasteiger partial charge in [-0.3, -0.25) is 9.69 Å². The van der Waals surface area contributed by atoms with Gasteiger partial charge in [0.2, 0.25) is 5.91 Å². The summed E-state index contributed by atoms with van der Waals surface area (Å²) in [6.07, 6.45) is -2.24. The van der Waals surface area contributed by atoms with E-state index in [0.717, 1.165) is 38.1 Å². The van der Waals surface area contributed by atoms with Gasteiger partial charge in [-0.1, -0.05) is 0 Å². The highest BCUT2D eigenvalue weighted by Crippen LogP contribution is 2.29. The number of likely N-dealkylation sites (N-methyl/N-ethyl adjacent to an activating group) is 1. The van der Waals surface area contributed by atoms with Crippen molar-refractivity contribution in [2.75, 3.05) is 32.0 Å². The van der Waals surface area contributed by atoms with Crippen LogP contribution in [0.15, 0.2) is 24.3 Å². The number of nitrogens with one attached hydrogen (secondary N) is 2. The Kier molecular flexibility index (Phi) is 7.31. The van der Waals surface area contributed by atoms with Gasteiger partial charge in [0, 0.05) is 18.3 Å². The van der Waals surface area contributed by atoms with Crippen molar-refractivity contribution in [3.63, 3.8) is 0 Å². The van der Waals surface area contributed by atoms with Gasteiger partial charge in [0.1, 0.15) is 0 Å². The summed E-state index contributed by atoms with van der Waals surface area (Å²) < 4.78 is 37.4. The van der Waals surface area contributed by atoms with Gasteiger partial charge in [0.15, 0.2) is 0 Å². The van der Waals surface area contributed by atoms with E-state index >= 15 is 0 Å². The smallest absolute Gasteiger partial charge is 0.325 e. The van der Waals surface area contributed by atoms with Crippen LogP contribution in [0.25, 0.3) is 0 Å².